The first-order valence-electron chi connectivity index (χ1n) is 8.74. The lowest BCUT2D eigenvalue weighted by atomic mass is 10.1. The minimum atomic E-state index is -0.758. The smallest absolute Gasteiger partial charge is 0.344 e. The maximum Gasteiger partial charge on any atom is 0.344 e. The van der Waals surface area contributed by atoms with Crippen LogP contribution in [0.3, 0.4) is 0 Å². The summed E-state index contributed by atoms with van der Waals surface area (Å²) in [4.78, 5) is 26.1. The molecule has 0 fully saturated rings. The van der Waals surface area contributed by atoms with Gasteiger partial charge in [-0.05, 0) is 19.1 Å². The van der Waals surface area contributed by atoms with E-state index in [1.165, 1.54) is 18.0 Å². The zero-order chi connectivity index (χ0) is 21.0. The number of likely N-dealkylation sites (N-methyl/N-ethyl adjacent to an activating group) is 1. The Hall–Kier alpha value is -3.19. The number of amides is 1. The van der Waals surface area contributed by atoms with E-state index in [0.717, 1.165) is 0 Å². The van der Waals surface area contributed by atoms with Gasteiger partial charge in [-0.15, -0.1) is 0 Å². The number of ether oxygens (including phenoxy) is 1. The minimum Gasteiger partial charge on any atom is -0.452 e. The maximum absolute atomic E-state index is 13.7. The molecule has 3 rings (SSSR count). The SMILES string of the molecule is Cc1onc(-c2ccccc2Cl)c1C(=O)OCC(=O)N(C)Cc1ccccc1F. The van der Waals surface area contributed by atoms with Crippen molar-refractivity contribution in [2.45, 2.75) is 13.5 Å². The highest BCUT2D eigenvalue weighted by atomic mass is 35.5. The van der Waals surface area contributed by atoms with E-state index in [1.54, 1.807) is 49.4 Å². The van der Waals surface area contributed by atoms with Gasteiger partial charge in [0.1, 0.15) is 22.8 Å². The zero-order valence-electron chi connectivity index (χ0n) is 15.8. The Kier molecular flexibility index (Phi) is 6.29. The van der Waals surface area contributed by atoms with Gasteiger partial charge in [-0.3, -0.25) is 4.79 Å². The number of carbonyl (C=O) groups is 2. The molecule has 8 heteroatoms. The van der Waals surface area contributed by atoms with Gasteiger partial charge in [0.2, 0.25) is 0 Å². The standard InChI is InChI=1S/C21H18ClFN2O4/c1-13-19(20(24-29-13)15-8-4-5-9-16(15)22)21(27)28-12-18(26)25(2)11-14-7-3-6-10-17(14)23/h3-10H,11-12H2,1-2H3. The van der Waals surface area contributed by atoms with E-state index in [0.29, 0.717) is 16.1 Å². The average Bonchev–Trinajstić information content (AvgIpc) is 3.09. The van der Waals surface area contributed by atoms with Gasteiger partial charge in [0, 0.05) is 24.7 Å². The number of hydrogen-bond donors (Lipinski definition) is 0. The van der Waals surface area contributed by atoms with E-state index in [-0.39, 0.29) is 23.6 Å². The van der Waals surface area contributed by atoms with E-state index < -0.39 is 24.3 Å². The second kappa shape index (κ2) is 8.87. The molecule has 0 saturated heterocycles. The Morgan fingerprint density at radius 3 is 2.59 bits per heavy atom. The van der Waals surface area contributed by atoms with Crippen molar-refractivity contribution in [2.24, 2.45) is 0 Å². The van der Waals surface area contributed by atoms with Crippen LogP contribution >= 0.6 is 11.6 Å². The molecule has 1 amide bonds. The molecule has 0 bridgehead atoms. The highest BCUT2D eigenvalue weighted by Crippen LogP contribution is 2.31. The quantitative estimate of drug-likeness (QED) is 0.561. The van der Waals surface area contributed by atoms with Crippen LogP contribution in [0.5, 0.6) is 0 Å². The number of hydrogen-bond acceptors (Lipinski definition) is 5. The average molecular weight is 417 g/mol. The molecular weight excluding hydrogens is 399 g/mol. The monoisotopic (exact) mass is 416 g/mol. The van der Waals surface area contributed by atoms with Crippen molar-refractivity contribution in [1.29, 1.82) is 0 Å². The Labute approximate surface area is 171 Å². The van der Waals surface area contributed by atoms with Crippen LogP contribution in [0, 0.1) is 12.7 Å². The number of rotatable bonds is 6. The summed E-state index contributed by atoms with van der Waals surface area (Å²) in [7, 11) is 1.50. The summed E-state index contributed by atoms with van der Waals surface area (Å²) in [5.41, 5.74) is 1.22. The molecule has 0 aliphatic heterocycles. The van der Waals surface area contributed by atoms with Crippen molar-refractivity contribution in [3.8, 4) is 11.3 Å². The second-order valence-corrected chi connectivity index (χ2v) is 6.77. The Morgan fingerprint density at radius 1 is 1.17 bits per heavy atom. The van der Waals surface area contributed by atoms with E-state index in [2.05, 4.69) is 5.16 Å². The molecule has 0 saturated carbocycles. The van der Waals surface area contributed by atoms with Crippen LogP contribution in [0.4, 0.5) is 4.39 Å². The van der Waals surface area contributed by atoms with Crippen molar-refractivity contribution >= 4 is 23.5 Å². The predicted octanol–water partition coefficient (Wildman–Crippen LogP) is 4.26. The Balaban J connectivity index is 1.68. The number of aromatic nitrogens is 1. The number of benzene rings is 2. The van der Waals surface area contributed by atoms with Gasteiger partial charge < -0.3 is 14.2 Å². The van der Waals surface area contributed by atoms with Crippen molar-refractivity contribution in [3.63, 3.8) is 0 Å². The topological polar surface area (TPSA) is 72.6 Å². The first-order valence-corrected chi connectivity index (χ1v) is 9.12. The maximum atomic E-state index is 13.7. The van der Waals surface area contributed by atoms with Crippen LogP contribution < -0.4 is 0 Å². The van der Waals surface area contributed by atoms with Gasteiger partial charge in [-0.25, -0.2) is 9.18 Å². The van der Waals surface area contributed by atoms with Crippen molar-refractivity contribution in [1.82, 2.24) is 10.1 Å². The molecule has 0 aliphatic carbocycles. The fraction of sp³-hybridized carbons (Fsp3) is 0.190. The van der Waals surface area contributed by atoms with Gasteiger partial charge in [0.15, 0.2) is 6.61 Å². The first-order chi connectivity index (χ1) is 13.9. The normalized spacial score (nSPS) is 10.6. The third-order valence-corrected chi connectivity index (χ3v) is 4.64. The molecule has 0 N–H and O–H groups in total. The summed E-state index contributed by atoms with van der Waals surface area (Å²) in [6.07, 6.45) is 0. The first kappa shape index (κ1) is 20.5. The van der Waals surface area contributed by atoms with E-state index in [1.807, 2.05) is 0 Å². The molecule has 0 aliphatic rings. The molecular formula is C21H18ClFN2O4. The molecule has 1 aromatic heterocycles. The van der Waals surface area contributed by atoms with Gasteiger partial charge in [-0.2, -0.15) is 0 Å². The molecule has 0 unspecified atom stereocenters. The highest BCUT2D eigenvalue weighted by Gasteiger charge is 2.25. The molecule has 6 nitrogen and oxygen atoms in total. The van der Waals surface area contributed by atoms with Gasteiger partial charge >= 0.3 is 5.97 Å². The summed E-state index contributed by atoms with van der Waals surface area (Å²) in [6, 6.07) is 13.0. The van der Waals surface area contributed by atoms with Crippen LogP contribution in [0.25, 0.3) is 11.3 Å². The number of carbonyl (C=O) groups excluding carboxylic acids is 2. The summed E-state index contributed by atoms with van der Waals surface area (Å²) >= 11 is 6.18. The van der Waals surface area contributed by atoms with Gasteiger partial charge in [-0.1, -0.05) is 53.2 Å². The molecule has 29 heavy (non-hydrogen) atoms. The highest BCUT2D eigenvalue weighted by molar-refractivity contribution is 6.33. The minimum absolute atomic E-state index is 0.0558. The fourth-order valence-corrected chi connectivity index (χ4v) is 2.95. The van der Waals surface area contributed by atoms with E-state index in [4.69, 9.17) is 20.9 Å². The van der Waals surface area contributed by atoms with E-state index in [9.17, 15) is 14.0 Å². The Bertz CT molecular complexity index is 1050. The number of halogens is 2. The summed E-state index contributed by atoms with van der Waals surface area (Å²) in [5.74, 6) is -1.40. The summed E-state index contributed by atoms with van der Waals surface area (Å²) in [6.45, 7) is 1.12. The van der Waals surface area contributed by atoms with Crippen LogP contribution in [-0.2, 0) is 16.1 Å². The number of aryl methyl sites for hydroxylation is 1. The third-order valence-electron chi connectivity index (χ3n) is 4.31. The largest absolute Gasteiger partial charge is 0.452 e. The van der Waals surface area contributed by atoms with Crippen LogP contribution in [0.2, 0.25) is 5.02 Å². The number of nitrogens with zero attached hydrogens (tertiary/aromatic N) is 2. The summed E-state index contributed by atoms with van der Waals surface area (Å²) < 4.78 is 24.0. The Morgan fingerprint density at radius 2 is 1.86 bits per heavy atom. The third kappa shape index (κ3) is 4.63. The van der Waals surface area contributed by atoms with Crippen molar-refractivity contribution in [3.05, 3.63) is 76.3 Å². The number of esters is 1. The summed E-state index contributed by atoms with van der Waals surface area (Å²) in [5, 5.41) is 4.30. The van der Waals surface area contributed by atoms with E-state index >= 15 is 0 Å². The molecule has 0 atom stereocenters. The molecule has 2 aromatic carbocycles. The molecule has 150 valence electrons. The molecule has 3 aromatic rings. The van der Waals surface area contributed by atoms with Crippen LogP contribution in [0.15, 0.2) is 53.1 Å². The molecule has 1 heterocycles. The molecule has 0 radical (unpaired) electrons. The lowest BCUT2D eigenvalue weighted by molar-refractivity contribution is -0.133. The fourth-order valence-electron chi connectivity index (χ4n) is 2.73. The molecule has 0 spiro atoms. The van der Waals surface area contributed by atoms with Crippen LogP contribution in [-0.4, -0.2) is 35.6 Å². The van der Waals surface area contributed by atoms with Crippen molar-refractivity contribution < 1.29 is 23.2 Å². The van der Waals surface area contributed by atoms with Crippen LogP contribution in [0.1, 0.15) is 21.7 Å². The predicted molar refractivity (Wildman–Crippen MR) is 105 cm³/mol. The van der Waals surface area contributed by atoms with Gasteiger partial charge in [0.05, 0.1) is 5.02 Å². The lowest BCUT2D eigenvalue weighted by Gasteiger charge is -2.17. The van der Waals surface area contributed by atoms with Gasteiger partial charge in [0.25, 0.3) is 5.91 Å². The lowest BCUT2D eigenvalue weighted by Crippen LogP contribution is -2.31. The van der Waals surface area contributed by atoms with Crippen molar-refractivity contribution in [2.75, 3.05) is 13.7 Å². The second-order valence-electron chi connectivity index (χ2n) is 6.36. The zero-order valence-corrected chi connectivity index (χ0v) is 16.6.